The van der Waals surface area contributed by atoms with E-state index >= 15 is 0 Å². The van der Waals surface area contributed by atoms with Crippen LogP contribution < -0.4 is 5.32 Å². The standard InChI is InChI=1S/C8H14N2O2/c1-3-8(12)10(2)6-4-9-5-7(6)11/h3,6-7,9,11H,1,4-5H2,2H3. The summed E-state index contributed by atoms with van der Waals surface area (Å²) in [5.74, 6) is -0.150. The Labute approximate surface area is 71.9 Å². The SMILES string of the molecule is C=CC(=O)N(C)C1CNCC1O. The number of aliphatic hydroxyl groups excluding tert-OH is 1. The number of β-amino-alcohol motifs (C(OH)–C–C–N with tert-alkyl or cyclic N) is 1. The van der Waals surface area contributed by atoms with Gasteiger partial charge in [-0.05, 0) is 6.08 Å². The van der Waals surface area contributed by atoms with Gasteiger partial charge in [-0.2, -0.15) is 0 Å². The summed E-state index contributed by atoms with van der Waals surface area (Å²) >= 11 is 0. The lowest BCUT2D eigenvalue weighted by atomic mass is 10.2. The molecule has 1 fully saturated rings. The largest absolute Gasteiger partial charge is 0.390 e. The number of amides is 1. The summed E-state index contributed by atoms with van der Waals surface area (Å²) < 4.78 is 0. The van der Waals surface area contributed by atoms with Gasteiger partial charge in [-0.1, -0.05) is 6.58 Å². The summed E-state index contributed by atoms with van der Waals surface area (Å²) in [6, 6.07) is -0.115. The lowest BCUT2D eigenvalue weighted by Gasteiger charge is -2.24. The average molecular weight is 170 g/mol. The molecule has 4 nitrogen and oxygen atoms in total. The van der Waals surface area contributed by atoms with E-state index in [0.717, 1.165) is 0 Å². The van der Waals surface area contributed by atoms with Crippen LogP contribution in [0.2, 0.25) is 0 Å². The number of hydrogen-bond acceptors (Lipinski definition) is 3. The van der Waals surface area contributed by atoms with E-state index in [4.69, 9.17) is 0 Å². The van der Waals surface area contributed by atoms with Crippen molar-refractivity contribution >= 4 is 5.91 Å². The Morgan fingerprint density at radius 1 is 1.75 bits per heavy atom. The normalized spacial score (nSPS) is 28.5. The van der Waals surface area contributed by atoms with Gasteiger partial charge in [0.05, 0.1) is 12.1 Å². The third kappa shape index (κ3) is 1.65. The van der Waals surface area contributed by atoms with Gasteiger partial charge in [0.15, 0.2) is 0 Å². The molecule has 1 rings (SSSR count). The van der Waals surface area contributed by atoms with E-state index in [1.807, 2.05) is 0 Å². The van der Waals surface area contributed by atoms with E-state index in [9.17, 15) is 9.90 Å². The van der Waals surface area contributed by atoms with Crippen molar-refractivity contribution in [1.29, 1.82) is 0 Å². The van der Waals surface area contributed by atoms with Crippen LogP contribution in [0.25, 0.3) is 0 Å². The predicted molar refractivity (Wildman–Crippen MR) is 45.6 cm³/mol. The number of hydrogen-bond donors (Lipinski definition) is 2. The molecule has 2 N–H and O–H groups in total. The number of carbonyl (C=O) groups is 1. The minimum atomic E-state index is -0.459. The van der Waals surface area contributed by atoms with Crippen molar-refractivity contribution in [3.63, 3.8) is 0 Å². The minimum Gasteiger partial charge on any atom is -0.390 e. The smallest absolute Gasteiger partial charge is 0.246 e. The first kappa shape index (κ1) is 9.22. The molecule has 1 aliphatic rings. The second-order valence-electron chi connectivity index (χ2n) is 2.95. The highest BCUT2D eigenvalue weighted by molar-refractivity contribution is 5.87. The fourth-order valence-electron chi connectivity index (χ4n) is 1.35. The van der Waals surface area contributed by atoms with Gasteiger partial charge in [0.25, 0.3) is 0 Å². The molecule has 2 unspecified atom stereocenters. The summed E-state index contributed by atoms with van der Waals surface area (Å²) in [4.78, 5) is 12.6. The Hall–Kier alpha value is -0.870. The van der Waals surface area contributed by atoms with Gasteiger partial charge in [0.2, 0.25) is 5.91 Å². The maximum absolute atomic E-state index is 11.1. The van der Waals surface area contributed by atoms with Crippen LogP contribution in [-0.4, -0.2) is 48.2 Å². The number of nitrogens with zero attached hydrogens (tertiary/aromatic N) is 1. The van der Waals surface area contributed by atoms with Crippen molar-refractivity contribution in [1.82, 2.24) is 10.2 Å². The fraction of sp³-hybridized carbons (Fsp3) is 0.625. The molecule has 1 aliphatic heterocycles. The lowest BCUT2D eigenvalue weighted by Crippen LogP contribution is -2.43. The lowest BCUT2D eigenvalue weighted by molar-refractivity contribution is -0.128. The fourth-order valence-corrected chi connectivity index (χ4v) is 1.35. The van der Waals surface area contributed by atoms with Crippen LogP contribution in [0.5, 0.6) is 0 Å². The molecular formula is C8H14N2O2. The number of likely N-dealkylation sites (N-methyl/N-ethyl adjacent to an activating group) is 1. The zero-order valence-corrected chi connectivity index (χ0v) is 7.16. The number of nitrogens with one attached hydrogen (secondary N) is 1. The Bertz CT molecular complexity index is 193. The zero-order chi connectivity index (χ0) is 9.14. The molecule has 0 radical (unpaired) electrons. The molecule has 1 heterocycles. The predicted octanol–water partition coefficient (Wildman–Crippen LogP) is -1.04. The maximum atomic E-state index is 11.1. The molecule has 0 bridgehead atoms. The molecule has 0 aliphatic carbocycles. The quantitative estimate of drug-likeness (QED) is 0.521. The summed E-state index contributed by atoms with van der Waals surface area (Å²) in [5.41, 5.74) is 0. The Balaban J connectivity index is 2.56. The number of rotatable bonds is 2. The Kier molecular flexibility index (Phi) is 2.83. The molecule has 4 heteroatoms. The van der Waals surface area contributed by atoms with Crippen LogP contribution in [-0.2, 0) is 4.79 Å². The van der Waals surface area contributed by atoms with Gasteiger partial charge in [-0.25, -0.2) is 0 Å². The van der Waals surface area contributed by atoms with E-state index in [0.29, 0.717) is 13.1 Å². The molecule has 0 aromatic rings. The van der Waals surface area contributed by atoms with E-state index in [2.05, 4.69) is 11.9 Å². The Morgan fingerprint density at radius 3 is 2.83 bits per heavy atom. The third-order valence-corrected chi connectivity index (χ3v) is 2.17. The molecule has 1 amide bonds. The van der Waals surface area contributed by atoms with Crippen LogP contribution >= 0.6 is 0 Å². The van der Waals surface area contributed by atoms with Crippen molar-refractivity contribution in [3.05, 3.63) is 12.7 Å². The van der Waals surface area contributed by atoms with E-state index in [1.54, 1.807) is 7.05 Å². The van der Waals surface area contributed by atoms with Crippen molar-refractivity contribution in [2.45, 2.75) is 12.1 Å². The van der Waals surface area contributed by atoms with E-state index < -0.39 is 6.10 Å². The van der Waals surface area contributed by atoms with Gasteiger partial charge in [-0.15, -0.1) is 0 Å². The molecular weight excluding hydrogens is 156 g/mol. The molecule has 12 heavy (non-hydrogen) atoms. The molecule has 2 atom stereocenters. The molecule has 1 saturated heterocycles. The average Bonchev–Trinajstić information content (AvgIpc) is 2.48. The van der Waals surface area contributed by atoms with E-state index in [-0.39, 0.29) is 11.9 Å². The molecule has 68 valence electrons. The first-order valence-electron chi connectivity index (χ1n) is 3.95. The van der Waals surface area contributed by atoms with Crippen LogP contribution in [0.4, 0.5) is 0 Å². The molecule has 0 aromatic carbocycles. The first-order chi connectivity index (χ1) is 5.66. The van der Waals surface area contributed by atoms with Crippen molar-refractivity contribution in [2.75, 3.05) is 20.1 Å². The Morgan fingerprint density at radius 2 is 2.42 bits per heavy atom. The van der Waals surface area contributed by atoms with Crippen LogP contribution in [0, 0.1) is 0 Å². The third-order valence-electron chi connectivity index (χ3n) is 2.17. The van der Waals surface area contributed by atoms with Gasteiger partial charge in [0, 0.05) is 20.1 Å². The monoisotopic (exact) mass is 170 g/mol. The van der Waals surface area contributed by atoms with E-state index in [1.165, 1.54) is 11.0 Å². The summed E-state index contributed by atoms with van der Waals surface area (Å²) in [5, 5.41) is 12.4. The van der Waals surface area contributed by atoms with Gasteiger partial charge in [-0.3, -0.25) is 4.79 Å². The highest BCUT2D eigenvalue weighted by Crippen LogP contribution is 2.07. The molecule has 0 saturated carbocycles. The molecule has 0 aromatic heterocycles. The van der Waals surface area contributed by atoms with Crippen molar-refractivity contribution < 1.29 is 9.90 Å². The minimum absolute atomic E-state index is 0.115. The van der Waals surface area contributed by atoms with Crippen molar-refractivity contribution in [3.8, 4) is 0 Å². The molecule has 0 spiro atoms. The number of carbonyl (C=O) groups excluding carboxylic acids is 1. The van der Waals surface area contributed by atoms with Crippen LogP contribution in [0.3, 0.4) is 0 Å². The van der Waals surface area contributed by atoms with Gasteiger partial charge >= 0.3 is 0 Å². The maximum Gasteiger partial charge on any atom is 0.246 e. The summed E-state index contributed by atoms with van der Waals surface area (Å²) in [6.45, 7) is 4.59. The highest BCUT2D eigenvalue weighted by atomic mass is 16.3. The zero-order valence-electron chi connectivity index (χ0n) is 7.16. The summed E-state index contributed by atoms with van der Waals surface area (Å²) in [7, 11) is 1.67. The summed E-state index contributed by atoms with van der Waals surface area (Å²) in [6.07, 6.45) is 0.796. The van der Waals surface area contributed by atoms with Crippen molar-refractivity contribution in [2.24, 2.45) is 0 Å². The van der Waals surface area contributed by atoms with Crippen LogP contribution in [0.1, 0.15) is 0 Å². The second kappa shape index (κ2) is 3.69. The first-order valence-corrected chi connectivity index (χ1v) is 3.95. The topological polar surface area (TPSA) is 52.6 Å². The highest BCUT2D eigenvalue weighted by Gasteiger charge is 2.29. The second-order valence-corrected chi connectivity index (χ2v) is 2.95. The number of aliphatic hydroxyl groups is 1. The van der Waals surface area contributed by atoms with Crippen LogP contribution in [0.15, 0.2) is 12.7 Å². The van der Waals surface area contributed by atoms with Gasteiger partial charge in [0.1, 0.15) is 0 Å². The van der Waals surface area contributed by atoms with Gasteiger partial charge < -0.3 is 15.3 Å².